The number of rotatable bonds is 2. The Kier molecular flexibility index (Phi) is 4.46. The molecular weight excluding hydrogens is 279 g/mol. The van der Waals surface area contributed by atoms with Gasteiger partial charge in [0.1, 0.15) is 5.82 Å². The summed E-state index contributed by atoms with van der Waals surface area (Å²) in [5, 5.41) is 3.17. The number of hydrogen-bond donors (Lipinski definition) is 1. The second-order valence-corrected chi connectivity index (χ2v) is 6.40. The lowest BCUT2D eigenvalue weighted by atomic mass is 9.99. The molecule has 0 radical (unpaired) electrons. The largest absolute Gasteiger partial charge is 0.335 e. The van der Waals surface area contributed by atoms with Crippen molar-refractivity contribution in [3.05, 3.63) is 41.7 Å². The number of nitrogens with one attached hydrogen (secondary N) is 1. The average molecular weight is 302 g/mol. The van der Waals surface area contributed by atoms with E-state index in [1.807, 2.05) is 4.90 Å². The molecule has 1 N–H and O–H groups in total. The molecule has 1 aliphatic carbocycles. The van der Waals surface area contributed by atoms with Gasteiger partial charge in [-0.3, -0.25) is 0 Å². The maximum atomic E-state index is 13.0. The van der Waals surface area contributed by atoms with Gasteiger partial charge in [0, 0.05) is 19.1 Å². The zero-order chi connectivity index (χ0) is 15.5. The summed E-state index contributed by atoms with van der Waals surface area (Å²) in [6, 6.07) is 6.95. The lowest BCUT2D eigenvalue weighted by Crippen LogP contribution is -2.47. The van der Waals surface area contributed by atoms with Gasteiger partial charge in [0.15, 0.2) is 0 Å². The van der Waals surface area contributed by atoms with Crippen LogP contribution in [0.1, 0.15) is 38.2 Å². The Hall–Kier alpha value is -1.84. The maximum Gasteiger partial charge on any atom is 0.317 e. The summed E-state index contributed by atoms with van der Waals surface area (Å²) in [5.41, 5.74) is 2.24. The number of carbonyl (C=O) groups excluding carboxylic acids is 1. The molecule has 0 bridgehead atoms. The lowest BCUT2D eigenvalue weighted by Gasteiger charge is -2.29. The molecule has 0 aromatic heterocycles. The van der Waals surface area contributed by atoms with Gasteiger partial charge in [0.25, 0.3) is 0 Å². The van der Waals surface area contributed by atoms with E-state index in [-0.39, 0.29) is 11.8 Å². The maximum absolute atomic E-state index is 13.0. The third-order valence-electron chi connectivity index (χ3n) is 4.88. The Balaban J connectivity index is 1.58. The van der Waals surface area contributed by atoms with Crippen molar-refractivity contribution in [1.29, 1.82) is 0 Å². The number of benzene rings is 1. The average Bonchev–Trinajstić information content (AvgIpc) is 2.93. The summed E-state index contributed by atoms with van der Waals surface area (Å²) in [7, 11) is 0. The van der Waals surface area contributed by atoms with Crippen LogP contribution in [0.5, 0.6) is 0 Å². The predicted molar refractivity (Wildman–Crippen MR) is 85.9 cm³/mol. The predicted octanol–water partition coefficient (Wildman–Crippen LogP) is 3.81. The van der Waals surface area contributed by atoms with Crippen LogP contribution in [0.25, 0.3) is 5.57 Å². The number of amides is 2. The Bertz CT molecular complexity index is 567. The molecule has 0 saturated heterocycles. The molecule has 0 spiro atoms. The second-order valence-electron chi connectivity index (χ2n) is 6.40. The fraction of sp³-hybridized carbons (Fsp3) is 0.500. The number of halogens is 1. The number of nitrogens with zero attached hydrogens (tertiary/aromatic N) is 1. The van der Waals surface area contributed by atoms with E-state index < -0.39 is 0 Å². The first-order valence-corrected chi connectivity index (χ1v) is 8.14. The van der Waals surface area contributed by atoms with Crippen LogP contribution in [0, 0.1) is 11.7 Å². The number of urea groups is 1. The summed E-state index contributed by atoms with van der Waals surface area (Å²) in [4.78, 5) is 14.2. The fourth-order valence-corrected chi connectivity index (χ4v) is 3.39. The molecule has 1 heterocycles. The standard InChI is InChI=1S/C18H23FN2O/c1-13-3-2-4-17(13)20-18(22)21-11-9-15(10-12-21)14-5-7-16(19)8-6-14/h5-9,13,17H,2-4,10-12H2,1H3,(H,20,22). The molecule has 1 fully saturated rings. The quantitative estimate of drug-likeness (QED) is 0.885. The molecule has 2 aliphatic rings. The summed E-state index contributed by atoms with van der Waals surface area (Å²) in [5.74, 6) is 0.367. The van der Waals surface area contributed by atoms with Gasteiger partial charge >= 0.3 is 6.03 Å². The molecular formula is C18H23FN2O. The fourth-order valence-electron chi connectivity index (χ4n) is 3.39. The van der Waals surface area contributed by atoms with Crippen LogP contribution < -0.4 is 5.32 Å². The van der Waals surface area contributed by atoms with Crippen LogP contribution in [-0.2, 0) is 0 Å². The lowest BCUT2D eigenvalue weighted by molar-refractivity contribution is 0.196. The van der Waals surface area contributed by atoms with Gasteiger partial charge in [0.05, 0.1) is 0 Å². The molecule has 2 unspecified atom stereocenters. The van der Waals surface area contributed by atoms with Gasteiger partial charge < -0.3 is 10.2 Å². The first-order valence-electron chi connectivity index (χ1n) is 8.14. The van der Waals surface area contributed by atoms with Gasteiger partial charge in [-0.25, -0.2) is 9.18 Å². The minimum Gasteiger partial charge on any atom is -0.335 e. The van der Waals surface area contributed by atoms with E-state index in [4.69, 9.17) is 0 Å². The minimum absolute atomic E-state index is 0.0492. The first kappa shape index (κ1) is 15.1. The van der Waals surface area contributed by atoms with Crippen LogP contribution in [-0.4, -0.2) is 30.1 Å². The smallest absolute Gasteiger partial charge is 0.317 e. The van der Waals surface area contributed by atoms with Crippen molar-refractivity contribution < 1.29 is 9.18 Å². The zero-order valence-corrected chi connectivity index (χ0v) is 13.0. The van der Waals surface area contributed by atoms with Crippen molar-refractivity contribution in [1.82, 2.24) is 10.2 Å². The molecule has 118 valence electrons. The van der Waals surface area contributed by atoms with E-state index in [0.29, 0.717) is 18.5 Å². The summed E-state index contributed by atoms with van der Waals surface area (Å²) >= 11 is 0. The molecule has 4 heteroatoms. The highest BCUT2D eigenvalue weighted by molar-refractivity contribution is 5.77. The van der Waals surface area contributed by atoms with Gasteiger partial charge in [0.2, 0.25) is 0 Å². The Morgan fingerprint density at radius 1 is 1.27 bits per heavy atom. The Morgan fingerprint density at radius 2 is 2.05 bits per heavy atom. The van der Waals surface area contributed by atoms with Gasteiger partial charge in [-0.05, 0) is 48.4 Å². The van der Waals surface area contributed by atoms with Crippen LogP contribution >= 0.6 is 0 Å². The van der Waals surface area contributed by atoms with Gasteiger partial charge in [-0.1, -0.05) is 31.6 Å². The SMILES string of the molecule is CC1CCCC1NC(=O)N1CC=C(c2ccc(F)cc2)CC1. The van der Waals surface area contributed by atoms with E-state index in [2.05, 4.69) is 18.3 Å². The summed E-state index contributed by atoms with van der Waals surface area (Å²) < 4.78 is 13.0. The Morgan fingerprint density at radius 3 is 2.64 bits per heavy atom. The highest BCUT2D eigenvalue weighted by atomic mass is 19.1. The molecule has 1 aromatic rings. The van der Waals surface area contributed by atoms with Crippen LogP contribution in [0.3, 0.4) is 0 Å². The monoisotopic (exact) mass is 302 g/mol. The number of carbonyl (C=O) groups is 1. The molecule has 2 amide bonds. The molecule has 1 aliphatic heterocycles. The van der Waals surface area contributed by atoms with Crippen molar-refractivity contribution in [2.24, 2.45) is 5.92 Å². The van der Waals surface area contributed by atoms with Crippen molar-refractivity contribution in [3.8, 4) is 0 Å². The van der Waals surface area contributed by atoms with Gasteiger partial charge in [-0.15, -0.1) is 0 Å². The minimum atomic E-state index is -0.216. The van der Waals surface area contributed by atoms with Crippen molar-refractivity contribution in [2.75, 3.05) is 13.1 Å². The molecule has 3 nitrogen and oxygen atoms in total. The van der Waals surface area contributed by atoms with Crippen LogP contribution in [0.2, 0.25) is 0 Å². The molecule has 22 heavy (non-hydrogen) atoms. The normalized spacial score (nSPS) is 25.0. The number of hydrogen-bond acceptors (Lipinski definition) is 1. The summed E-state index contributed by atoms with van der Waals surface area (Å²) in [6.07, 6.45) is 6.41. The van der Waals surface area contributed by atoms with Gasteiger partial charge in [-0.2, -0.15) is 0 Å². The third-order valence-corrected chi connectivity index (χ3v) is 4.88. The Labute approximate surface area is 131 Å². The molecule has 1 aromatic carbocycles. The van der Waals surface area contributed by atoms with E-state index >= 15 is 0 Å². The van der Waals surface area contributed by atoms with Crippen molar-refractivity contribution in [2.45, 2.75) is 38.6 Å². The first-order chi connectivity index (χ1) is 10.6. The van der Waals surface area contributed by atoms with Crippen molar-refractivity contribution in [3.63, 3.8) is 0 Å². The van der Waals surface area contributed by atoms with Crippen LogP contribution in [0.15, 0.2) is 30.3 Å². The van der Waals surface area contributed by atoms with E-state index in [0.717, 1.165) is 24.9 Å². The topological polar surface area (TPSA) is 32.3 Å². The van der Waals surface area contributed by atoms with E-state index in [9.17, 15) is 9.18 Å². The highest BCUT2D eigenvalue weighted by Gasteiger charge is 2.27. The van der Waals surface area contributed by atoms with E-state index in [1.54, 1.807) is 12.1 Å². The van der Waals surface area contributed by atoms with E-state index in [1.165, 1.54) is 30.5 Å². The molecule has 1 saturated carbocycles. The summed E-state index contributed by atoms with van der Waals surface area (Å²) in [6.45, 7) is 3.55. The third kappa shape index (κ3) is 3.32. The van der Waals surface area contributed by atoms with Crippen molar-refractivity contribution >= 4 is 11.6 Å². The highest BCUT2D eigenvalue weighted by Crippen LogP contribution is 2.26. The molecule has 2 atom stereocenters. The van der Waals surface area contributed by atoms with Crippen LogP contribution in [0.4, 0.5) is 9.18 Å². The molecule has 3 rings (SSSR count). The zero-order valence-electron chi connectivity index (χ0n) is 13.0. The second kappa shape index (κ2) is 6.51.